The number of fused-ring (bicyclic) bond motifs is 3. The monoisotopic (exact) mass is 419 g/mol. The number of aromatic nitrogens is 1. The van der Waals surface area contributed by atoms with Crippen molar-refractivity contribution in [2.45, 2.75) is 12.7 Å². The highest BCUT2D eigenvalue weighted by Gasteiger charge is 2.35. The number of halogens is 5. The molecule has 2 N–H and O–H groups in total. The molecule has 1 aromatic heterocycles. The topological polar surface area (TPSA) is 48.0 Å². The number of amides is 1. The molecule has 1 heterocycles. The number of hydrogen-bond donors (Lipinski definition) is 1. The molecule has 0 atom stereocenters. The van der Waals surface area contributed by atoms with E-state index in [0.29, 0.717) is 21.8 Å². The fraction of sp³-hybridized carbons (Fsp3) is 0.0952. The molecule has 0 aliphatic carbocycles. The van der Waals surface area contributed by atoms with Gasteiger partial charge in [0.15, 0.2) is 0 Å². The third kappa shape index (κ3) is 3.11. The molecular formula is C21H12ClF4N2O. The number of hydrogen-bond acceptors (Lipinski definition) is 1. The van der Waals surface area contributed by atoms with E-state index in [4.69, 9.17) is 17.3 Å². The molecule has 3 aromatic carbocycles. The Balaban J connectivity index is 2.08. The van der Waals surface area contributed by atoms with E-state index >= 15 is 0 Å². The van der Waals surface area contributed by atoms with E-state index in [9.17, 15) is 22.4 Å². The minimum Gasteiger partial charge on any atom is -0.366 e. The average Bonchev–Trinajstić information content (AvgIpc) is 2.97. The maximum absolute atomic E-state index is 14.5. The second kappa shape index (κ2) is 6.77. The predicted molar refractivity (Wildman–Crippen MR) is 102 cm³/mol. The molecule has 0 fully saturated rings. The highest BCUT2D eigenvalue weighted by Crippen LogP contribution is 2.38. The van der Waals surface area contributed by atoms with Crippen LogP contribution >= 0.6 is 11.6 Å². The average molecular weight is 420 g/mol. The highest BCUT2D eigenvalue weighted by molar-refractivity contribution is 6.36. The summed E-state index contributed by atoms with van der Waals surface area (Å²) in [5.41, 5.74) is 4.79. The fourth-order valence-corrected chi connectivity index (χ4v) is 3.84. The van der Waals surface area contributed by atoms with E-state index in [2.05, 4.69) is 6.07 Å². The molecular weight excluding hydrogens is 408 g/mol. The lowest BCUT2D eigenvalue weighted by atomic mass is 10.1. The molecule has 0 aliphatic rings. The molecule has 0 saturated carbocycles. The van der Waals surface area contributed by atoms with Gasteiger partial charge in [0.1, 0.15) is 5.82 Å². The number of alkyl halides is 3. The minimum absolute atomic E-state index is 0.175. The number of carbonyl (C=O) groups is 1. The number of carbonyl (C=O) groups excluding carboxylic acids is 1. The molecule has 0 unspecified atom stereocenters. The second-order valence-electron chi connectivity index (χ2n) is 6.46. The molecule has 0 bridgehead atoms. The van der Waals surface area contributed by atoms with Crippen LogP contribution in [0.4, 0.5) is 17.6 Å². The summed E-state index contributed by atoms with van der Waals surface area (Å²) in [4.78, 5) is 11.9. The molecule has 1 amide bonds. The molecule has 4 rings (SSSR count). The van der Waals surface area contributed by atoms with E-state index < -0.39 is 35.6 Å². The molecule has 147 valence electrons. The van der Waals surface area contributed by atoms with E-state index in [1.54, 1.807) is 12.1 Å². The van der Waals surface area contributed by atoms with Gasteiger partial charge in [-0.25, -0.2) is 4.39 Å². The summed E-state index contributed by atoms with van der Waals surface area (Å²) < 4.78 is 56.3. The van der Waals surface area contributed by atoms with Crippen molar-refractivity contribution in [1.29, 1.82) is 0 Å². The first-order valence-electron chi connectivity index (χ1n) is 8.45. The SMILES string of the molecule is NC(=O)c1cccc2c1c1[c]ccc(Cl)c1n2Cc1c(F)cccc1C(F)(F)F. The van der Waals surface area contributed by atoms with Crippen molar-refractivity contribution in [2.24, 2.45) is 5.73 Å². The van der Waals surface area contributed by atoms with Crippen LogP contribution in [0.2, 0.25) is 5.02 Å². The molecule has 0 saturated heterocycles. The lowest BCUT2D eigenvalue weighted by Crippen LogP contribution is -2.14. The van der Waals surface area contributed by atoms with Gasteiger partial charge in [-0.05, 0) is 36.4 Å². The summed E-state index contributed by atoms with van der Waals surface area (Å²) in [5.74, 6) is -1.69. The lowest BCUT2D eigenvalue weighted by Gasteiger charge is -2.16. The van der Waals surface area contributed by atoms with Crippen molar-refractivity contribution in [3.8, 4) is 0 Å². The van der Waals surface area contributed by atoms with Crippen molar-refractivity contribution in [3.05, 3.63) is 82.1 Å². The van der Waals surface area contributed by atoms with Crippen LogP contribution in [0.1, 0.15) is 21.5 Å². The number of primary amides is 1. The summed E-state index contributed by atoms with van der Waals surface area (Å²) in [6, 6.07) is 13.5. The normalized spacial score (nSPS) is 12.0. The van der Waals surface area contributed by atoms with Crippen LogP contribution < -0.4 is 5.73 Å². The fourth-order valence-electron chi connectivity index (χ4n) is 3.58. The van der Waals surface area contributed by atoms with Crippen LogP contribution in [0.5, 0.6) is 0 Å². The molecule has 1 radical (unpaired) electrons. The molecule has 4 aromatic rings. The van der Waals surface area contributed by atoms with Crippen LogP contribution in [0.3, 0.4) is 0 Å². The third-order valence-electron chi connectivity index (χ3n) is 4.78. The number of benzene rings is 3. The zero-order chi connectivity index (χ0) is 20.9. The van der Waals surface area contributed by atoms with E-state index in [1.165, 1.54) is 22.8 Å². The van der Waals surface area contributed by atoms with Crippen LogP contribution in [0.25, 0.3) is 21.8 Å². The maximum Gasteiger partial charge on any atom is 0.416 e. The van der Waals surface area contributed by atoms with Gasteiger partial charge in [0.05, 0.1) is 28.2 Å². The number of nitrogens with two attached hydrogens (primary N) is 1. The Morgan fingerprint density at radius 2 is 1.86 bits per heavy atom. The summed E-state index contributed by atoms with van der Waals surface area (Å²) >= 11 is 6.33. The predicted octanol–water partition coefficient (Wildman–Crippen LogP) is 5.55. The summed E-state index contributed by atoms with van der Waals surface area (Å²) in [6.07, 6.45) is -4.73. The van der Waals surface area contributed by atoms with E-state index in [-0.39, 0.29) is 10.6 Å². The second-order valence-corrected chi connectivity index (χ2v) is 6.87. The Labute approximate surface area is 167 Å². The van der Waals surface area contributed by atoms with Gasteiger partial charge < -0.3 is 10.3 Å². The van der Waals surface area contributed by atoms with Crippen LogP contribution in [0.15, 0.2) is 48.5 Å². The Kier molecular flexibility index (Phi) is 4.50. The Morgan fingerprint density at radius 3 is 2.55 bits per heavy atom. The number of rotatable bonds is 3. The molecule has 0 aliphatic heterocycles. The Bertz CT molecular complexity index is 1280. The van der Waals surface area contributed by atoms with Gasteiger partial charge in [-0.3, -0.25) is 4.79 Å². The van der Waals surface area contributed by atoms with Crippen molar-refractivity contribution >= 4 is 39.3 Å². The molecule has 29 heavy (non-hydrogen) atoms. The van der Waals surface area contributed by atoms with Crippen LogP contribution in [-0.4, -0.2) is 10.5 Å². The quantitative estimate of drug-likeness (QED) is 0.435. The van der Waals surface area contributed by atoms with Gasteiger partial charge in [-0.15, -0.1) is 0 Å². The zero-order valence-electron chi connectivity index (χ0n) is 14.6. The summed E-state index contributed by atoms with van der Waals surface area (Å²) in [6.45, 7) is -0.443. The highest BCUT2D eigenvalue weighted by atomic mass is 35.5. The van der Waals surface area contributed by atoms with Gasteiger partial charge >= 0.3 is 6.18 Å². The van der Waals surface area contributed by atoms with Crippen LogP contribution in [0, 0.1) is 11.9 Å². The van der Waals surface area contributed by atoms with Crippen molar-refractivity contribution in [1.82, 2.24) is 4.57 Å². The standard InChI is InChI=1S/C21H12ClF4N2O/c22-15-7-1-4-11-18-12(20(27)29)5-2-9-17(18)28(19(11)15)10-13-14(21(24,25)26)6-3-8-16(13)23/h1-3,5-9H,10H2,(H2,27,29). The first kappa shape index (κ1) is 19.3. The zero-order valence-corrected chi connectivity index (χ0v) is 15.4. The van der Waals surface area contributed by atoms with Gasteiger partial charge in [-0.1, -0.05) is 29.8 Å². The van der Waals surface area contributed by atoms with Crippen molar-refractivity contribution < 1.29 is 22.4 Å². The summed E-state index contributed by atoms with van der Waals surface area (Å²) in [5, 5.41) is 1.06. The molecule has 3 nitrogen and oxygen atoms in total. The van der Waals surface area contributed by atoms with Crippen LogP contribution in [-0.2, 0) is 12.7 Å². The van der Waals surface area contributed by atoms with Crippen molar-refractivity contribution in [2.75, 3.05) is 0 Å². The maximum atomic E-state index is 14.5. The smallest absolute Gasteiger partial charge is 0.366 e. The Morgan fingerprint density at radius 1 is 1.14 bits per heavy atom. The minimum atomic E-state index is -4.73. The Hall–Kier alpha value is -3.06. The lowest BCUT2D eigenvalue weighted by molar-refractivity contribution is -0.138. The van der Waals surface area contributed by atoms with E-state index in [1.807, 2.05) is 0 Å². The molecule has 8 heteroatoms. The first-order chi connectivity index (χ1) is 13.7. The summed E-state index contributed by atoms with van der Waals surface area (Å²) in [7, 11) is 0. The van der Waals surface area contributed by atoms with Crippen molar-refractivity contribution in [3.63, 3.8) is 0 Å². The molecule has 0 spiro atoms. The first-order valence-corrected chi connectivity index (χ1v) is 8.83. The number of nitrogens with zero attached hydrogens (tertiary/aromatic N) is 1. The van der Waals surface area contributed by atoms with Gasteiger partial charge in [0.25, 0.3) is 0 Å². The third-order valence-corrected chi connectivity index (χ3v) is 5.08. The van der Waals surface area contributed by atoms with Gasteiger partial charge in [0.2, 0.25) is 5.91 Å². The van der Waals surface area contributed by atoms with Gasteiger partial charge in [0, 0.05) is 21.9 Å². The van der Waals surface area contributed by atoms with E-state index in [0.717, 1.165) is 18.2 Å². The van der Waals surface area contributed by atoms with Gasteiger partial charge in [-0.2, -0.15) is 13.2 Å². The largest absolute Gasteiger partial charge is 0.416 e.